The minimum absolute atomic E-state index is 0.0514. The van der Waals surface area contributed by atoms with E-state index < -0.39 is 23.2 Å². The molecule has 136 valence electrons. The largest absolute Gasteiger partial charge is 0.493 e. The number of ether oxygens (including phenoxy) is 2. The fourth-order valence-electron chi connectivity index (χ4n) is 2.20. The molecular weight excluding hydrogens is 323 g/mol. The second-order valence-electron chi connectivity index (χ2n) is 5.63. The summed E-state index contributed by atoms with van der Waals surface area (Å²) >= 11 is 0. The molecule has 0 aliphatic heterocycles. The van der Waals surface area contributed by atoms with Crippen LogP contribution < -0.4 is 10.1 Å². The first-order valence-electron chi connectivity index (χ1n) is 7.88. The SMILES string of the molecule is CCCCC(C)(OC)C(=O)Nc1ccc(OCC)c(C(F)(F)F)c1. The number of nitrogens with one attached hydrogen (secondary N) is 1. The lowest BCUT2D eigenvalue weighted by Gasteiger charge is -2.27. The summed E-state index contributed by atoms with van der Waals surface area (Å²) < 4.78 is 49.7. The Hall–Kier alpha value is -1.76. The Bertz CT molecular complexity index is 561. The minimum Gasteiger partial charge on any atom is -0.493 e. The normalized spacial score (nSPS) is 14.1. The lowest BCUT2D eigenvalue weighted by atomic mass is 9.97. The molecule has 0 bridgehead atoms. The Morgan fingerprint density at radius 1 is 1.25 bits per heavy atom. The van der Waals surface area contributed by atoms with Crippen LogP contribution in [0.15, 0.2) is 18.2 Å². The number of amides is 1. The van der Waals surface area contributed by atoms with Gasteiger partial charge in [0, 0.05) is 12.8 Å². The molecule has 1 N–H and O–H groups in total. The van der Waals surface area contributed by atoms with Crippen LogP contribution in [0.25, 0.3) is 0 Å². The number of benzene rings is 1. The van der Waals surface area contributed by atoms with Crippen molar-refractivity contribution in [2.24, 2.45) is 0 Å². The summed E-state index contributed by atoms with van der Waals surface area (Å²) in [4.78, 5) is 12.4. The maximum Gasteiger partial charge on any atom is 0.420 e. The van der Waals surface area contributed by atoms with Crippen molar-refractivity contribution >= 4 is 11.6 Å². The van der Waals surface area contributed by atoms with Gasteiger partial charge in [0.05, 0.1) is 12.2 Å². The van der Waals surface area contributed by atoms with E-state index in [2.05, 4.69) is 5.32 Å². The zero-order chi connectivity index (χ0) is 18.4. The molecule has 1 aromatic rings. The van der Waals surface area contributed by atoms with Crippen molar-refractivity contribution in [3.8, 4) is 5.75 Å². The van der Waals surface area contributed by atoms with Crippen molar-refractivity contribution in [3.05, 3.63) is 23.8 Å². The van der Waals surface area contributed by atoms with Crippen LogP contribution >= 0.6 is 0 Å². The molecule has 1 amide bonds. The maximum atomic E-state index is 13.1. The van der Waals surface area contributed by atoms with E-state index in [1.165, 1.54) is 19.2 Å². The molecule has 1 aromatic carbocycles. The van der Waals surface area contributed by atoms with Gasteiger partial charge in [0.2, 0.25) is 0 Å². The highest BCUT2D eigenvalue weighted by molar-refractivity contribution is 5.97. The predicted molar refractivity (Wildman–Crippen MR) is 86.2 cm³/mol. The standard InChI is InChI=1S/C17H24F3NO3/c1-5-7-10-16(3,23-4)15(22)21-12-8-9-14(24-6-2)13(11-12)17(18,19)20/h8-9,11H,5-7,10H2,1-4H3,(H,21,22). The van der Waals surface area contributed by atoms with Gasteiger partial charge in [-0.25, -0.2) is 0 Å². The van der Waals surface area contributed by atoms with Crippen LogP contribution in [-0.4, -0.2) is 25.2 Å². The van der Waals surface area contributed by atoms with Gasteiger partial charge in [-0.1, -0.05) is 19.8 Å². The first kappa shape index (κ1) is 20.3. The number of carbonyl (C=O) groups is 1. The van der Waals surface area contributed by atoms with Crippen molar-refractivity contribution in [2.45, 2.75) is 51.8 Å². The predicted octanol–water partition coefficient (Wildman–Crippen LogP) is 4.64. The fraction of sp³-hybridized carbons (Fsp3) is 0.588. The van der Waals surface area contributed by atoms with E-state index in [-0.39, 0.29) is 18.0 Å². The molecule has 4 nitrogen and oxygen atoms in total. The number of carbonyl (C=O) groups excluding carboxylic acids is 1. The molecule has 0 heterocycles. The Balaban J connectivity index is 3.04. The fourth-order valence-corrected chi connectivity index (χ4v) is 2.20. The van der Waals surface area contributed by atoms with Gasteiger partial charge >= 0.3 is 6.18 Å². The van der Waals surface area contributed by atoms with Crippen LogP contribution in [0.3, 0.4) is 0 Å². The van der Waals surface area contributed by atoms with Gasteiger partial charge in [-0.05, 0) is 38.5 Å². The summed E-state index contributed by atoms with van der Waals surface area (Å²) in [5.41, 5.74) is -1.96. The second-order valence-corrected chi connectivity index (χ2v) is 5.63. The summed E-state index contributed by atoms with van der Waals surface area (Å²) in [6.45, 7) is 5.33. The lowest BCUT2D eigenvalue weighted by Crippen LogP contribution is -2.42. The van der Waals surface area contributed by atoms with E-state index in [0.29, 0.717) is 6.42 Å². The third-order valence-electron chi connectivity index (χ3n) is 3.78. The van der Waals surface area contributed by atoms with Crippen LogP contribution in [0.2, 0.25) is 0 Å². The van der Waals surface area contributed by atoms with E-state index in [1.807, 2.05) is 6.92 Å². The number of anilines is 1. The smallest absolute Gasteiger partial charge is 0.420 e. The number of hydrogen-bond acceptors (Lipinski definition) is 3. The molecule has 0 saturated carbocycles. The van der Waals surface area contributed by atoms with E-state index in [9.17, 15) is 18.0 Å². The third kappa shape index (κ3) is 5.12. The molecule has 0 spiro atoms. The molecule has 0 aromatic heterocycles. The van der Waals surface area contributed by atoms with Crippen molar-refractivity contribution in [2.75, 3.05) is 19.0 Å². The van der Waals surface area contributed by atoms with Gasteiger partial charge in [-0.15, -0.1) is 0 Å². The zero-order valence-corrected chi connectivity index (χ0v) is 14.4. The summed E-state index contributed by atoms with van der Waals surface area (Å²) in [5.74, 6) is -0.737. The third-order valence-corrected chi connectivity index (χ3v) is 3.78. The van der Waals surface area contributed by atoms with E-state index in [4.69, 9.17) is 9.47 Å². The van der Waals surface area contributed by atoms with Crippen LogP contribution in [0, 0.1) is 0 Å². The first-order chi connectivity index (χ1) is 11.2. The van der Waals surface area contributed by atoms with Gasteiger partial charge in [0.1, 0.15) is 11.4 Å². The minimum atomic E-state index is -4.57. The highest BCUT2D eigenvalue weighted by atomic mass is 19.4. The van der Waals surface area contributed by atoms with Crippen molar-refractivity contribution in [3.63, 3.8) is 0 Å². The van der Waals surface area contributed by atoms with Crippen LogP contribution in [0.4, 0.5) is 18.9 Å². The van der Waals surface area contributed by atoms with Crippen molar-refractivity contribution < 1.29 is 27.4 Å². The molecule has 0 radical (unpaired) electrons. The average Bonchev–Trinajstić information content (AvgIpc) is 2.53. The van der Waals surface area contributed by atoms with E-state index in [1.54, 1.807) is 13.8 Å². The zero-order valence-electron chi connectivity index (χ0n) is 14.4. The summed E-state index contributed by atoms with van der Waals surface area (Å²) in [7, 11) is 1.41. The van der Waals surface area contributed by atoms with E-state index in [0.717, 1.165) is 18.9 Å². The molecular formula is C17H24F3NO3. The van der Waals surface area contributed by atoms with Crippen LogP contribution in [0.1, 0.15) is 45.6 Å². The number of hydrogen-bond donors (Lipinski definition) is 1. The Morgan fingerprint density at radius 2 is 1.92 bits per heavy atom. The van der Waals surface area contributed by atoms with Crippen LogP contribution in [0.5, 0.6) is 5.75 Å². The van der Waals surface area contributed by atoms with Crippen molar-refractivity contribution in [1.29, 1.82) is 0 Å². The van der Waals surface area contributed by atoms with Gasteiger partial charge in [-0.3, -0.25) is 4.79 Å². The van der Waals surface area contributed by atoms with Gasteiger partial charge in [0.25, 0.3) is 5.91 Å². The topological polar surface area (TPSA) is 47.6 Å². The number of unbranched alkanes of at least 4 members (excludes halogenated alkanes) is 1. The molecule has 1 unspecified atom stereocenters. The second kappa shape index (κ2) is 8.37. The highest BCUT2D eigenvalue weighted by Gasteiger charge is 2.36. The quantitative estimate of drug-likeness (QED) is 0.745. The number of methoxy groups -OCH3 is 1. The molecule has 0 saturated heterocycles. The Morgan fingerprint density at radius 3 is 2.42 bits per heavy atom. The molecule has 1 rings (SSSR count). The average molecular weight is 347 g/mol. The maximum absolute atomic E-state index is 13.1. The van der Waals surface area contributed by atoms with E-state index >= 15 is 0 Å². The number of halogens is 3. The van der Waals surface area contributed by atoms with Gasteiger partial charge in [-0.2, -0.15) is 13.2 Å². The highest BCUT2D eigenvalue weighted by Crippen LogP contribution is 2.38. The summed E-state index contributed by atoms with van der Waals surface area (Å²) in [6.07, 6.45) is -2.44. The van der Waals surface area contributed by atoms with Gasteiger partial charge < -0.3 is 14.8 Å². The summed E-state index contributed by atoms with van der Waals surface area (Å²) in [6, 6.07) is 3.46. The number of alkyl halides is 3. The molecule has 7 heteroatoms. The molecule has 0 fully saturated rings. The first-order valence-corrected chi connectivity index (χ1v) is 7.88. The molecule has 24 heavy (non-hydrogen) atoms. The van der Waals surface area contributed by atoms with Gasteiger partial charge in [0.15, 0.2) is 0 Å². The molecule has 0 aliphatic rings. The lowest BCUT2D eigenvalue weighted by molar-refractivity contribution is -0.139. The van der Waals surface area contributed by atoms with Crippen LogP contribution in [-0.2, 0) is 15.7 Å². The number of rotatable bonds is 8. The Labute approximate surface area is 140 Å². The molecule has 0 aliphatic carbocycles. The summed E-state index contributed by atoms with van der Waals surface area (Å²) in [5, 5.41) is 2.50. The van der Waals surface area contributed by atoms with Crippen molar-refractivity contribution in [1.82, 2.24) is 0 Å². The Kier molecular flexibility index (Phi) is 7.08. The monoisotopic (exact) mass is 347 g/mol. The molecule has 1 atom stereocenters.